The molecule has 0 unspecified atom stereocenters. The van der Waals surface area contributed by atoms with E-state index in [1.54, 1.807) is 0 Å². The van der Waals surface area contributed by atoms with Crippen LogP contribution in [0.4, 0.5) is 17.1 Å². The minimum absolute atomic E-state index is 0. The average molecular weight is 658 g/mol. The standard InChI is InChI=1S/C20H13N2O.C12H10N.Ir/c1-21-13-22(18-8-4-3-7-17(18)21)14-10-11-16-15-6-2-5-9-19(15)23-20(16)12-14;1-10-7-8-12(13-9-10)11-5-3-2-4-6-11;/h2-11H,1H3;2-5,7-9H,1H3;/q+1;-1;. The van der Waals surface area contributed by atoms with E-state index in [-0.39, 0.29) is 20.1 Å². The first-order valence-corrected chi connectivity index (χ1v) is 11.8. The molecule has 1 aliphatic heterocycles. The Morgan fingerprint density at radius 1 is 0.811 bits per heavy atom. The molecule has 0 bridgehead atoms. The van der Waals surface area contributed by atoms with Crippen LogP contribution in [0.25, 0.3) is 33.2 Å². The number of aromatic nitrogens is 1. The molecule has 6 aromatic rings. The van der Waals surface area contributed by atoms with E-state index in [1.165, 1.54) is 5.56 Å². The Morgan fingerprint density at radius 2 is 1.59 bits per heavy atom. The maximum atomic E-state index is 5.94. The minimum atomic E-state index is 0. The van der Waals surface area contributed by atoms with Crippen molar-refractivity contribution in [2.75, 3.05) is 7.05 Å². The first kappa shape index (κ1) is 24.5. The van der Waals surface area contributed by atoms with Crippen LogP contribution in [-0.4, -0.2) is 22.6 Å². The van der Waals surface area contributed by atoms with E-state index in [4.69, 9.17) is 4.42 Å². The van der Waals surface area contributed by atoms with Gasteiger partial charge in [-0.05, 0) is 29.6 Å². The second-order valence-corrected chi connectivity index (χ2v) is 8.66. The predicted molar refractivity (Wildman–Crippen MR) is 145 cm³/mol. The Kier molecular flexibility index (Phi) is 6.94. The van der Waals surface area contributed by atoms with Gasteiger partial charge in [0.15, 0.2) is 7.05 Å². The number of hydrogen-bond acceptors (Lipinski definition) is 2. The number of pyridine rings is 1. The van der Waals surface area contributed by atoms with Gasteiger partial charge in [0, 0.05) is 44.0 Å². The number of fused-ring (bicyclic) bond motifs is 4. The summed E-state index contributed by atoms with van der Waals surface area (Å²) < 4.78 is 9.95. The van der Waals surface area contributed by atoms with Crippen molar-refractivity contribution in [1.82, 2.24) is 9.56 Å². The molecular formula is C32H23IrN3O. The summed E-state index contributed by atoms with van der Waals surface area (Å²) in [6, 6.07) is 42.3. The van der Waals surface area contributed by atoms with E-state index in [9.17, 15) is 0 Å². The fourth-order valence-corrected chi connectivity index (χ4v) is 4.33. The minimum Gasteiger partial charge on any atom is -0.483 e. The number of aryl methyl sites for hydroxylation is 1. The molecule has 0 saturated carbocycles. The molecule has 4 nitrogen and oxygen atoms in total. The first-order valence-electron chi connectivity index (χ1n) is 11.8. The van der Waals surface area contributed by atoms with Gasteiger partial charge >= 0.3 is 6.01 Å². The molecule has 0 aliphatic carbocycles. The summed E-state index contributed by atoms with van der Waals surface area (Å²) in [5.74, 6) is 0. The number of nitrogens with zero attached hydrogens (tertiary/aromatic N) is 3. The van der Waals surface area contributed by atoms with E-state index in [1.807, 2.05) is 90.0 Å². The molecule has 2 aromatic heterocycles. The fourth-order valence-electron chi connectivity index (χ4n) is 4.33. The van der Waals surface area contributed by atoms with Gasteiger partial charge in [0.2, 0.25) is 0 Å². The smallest absolute Gasteiger partial charge is 0.483 e. The SMILES string of the molecule is C[N+]1=C=[N+](c2[c-]c3oc4ccccc4c3cc2)c2ccccc21.Cc1ccc(-c2[c-]cccc2)nc1.[Ir]. The number of para-hydroxylation sites is 3. The van der Waals surface area contributed by atoms with Crippen molar-refractivity contribution in [3.63, 3.8) is 0 Å². The van der Waals surface area contributed by atoms with Gasteiger partial charge in [0.25, 0.3) is 11.4 Å². The van der Waals surface area contributed by atoms with Gasteiger partial charge in [-0.3, -0.25) is 0 Å². The first-order chi connectivity index (χ1) is 17.7. The average Bonchev–Trinajstić information content (AvgIpc) is 3.47. The van der Waals surface area contributed by atoms with E-state index in [0.29, 0.717) is 0 Å². The molecule has 4 aromatic carbocycles. The van der Waals surface area contributed by atoms with Crippen molar-refractivity contribution in [2.24, 2.45) is 0 Å². The molecule has 5 heteroatoms. The maximum Gasteiger partial charge on any atom is 0.494 e. The third kappa shape index (κ3) is 4.81. The van der Waals surface area contributed by atoms with Crippen molar-refractivity contribution < 1.29 is 29.1 Å². The predicted octanol–water partition coefficient (Wildman–Crippen LogP) is 7.54. The Morgan fingerprint density at radius 3 is 2.38 bits per heavy atom. The maximum absolute atomic E-state index is 5.94. The third-order valence-electron chi connectivity index (χ3n) is 6.15. The van der Waals surface area contributed by atoms with Gasteiger partial charge in [0.1, 0.15) is 11.3 Å². The molecule has 0 N–H and O–H groups in total. The molecule has 37 heavy (non-hydrogen) atoms. The summed E-state index contributed by atoms with van der Waals surface area (Å²) in [6.07, 6.45) is 1.87. The van der Waals surface area contributed by atoms with Crippen LogP contribution in [0.3, 0.4) is 0 Å². The van der Waals surface area contributed by atoms with Crippen LogP contribution >= 0.6 is 0 Å². The molecule has 181 valence electrons. The number of furan rings is 1. The second-order valence-electron chi connectivity index (χ2n) is 8.66. The van der Waals surface area contributed by atoms with E-state index < -0.39 is 0 Å². The van der Waals surface area contributed by atoms with Crippen molar-refractivity contribution >= 4 is 45.0 Å². The summed E-state index contributed by atoms with van der Waals surface area (Å²) in [4.78, 5) is 4.32. The van der Waals surface area contributed by atoms with Crippen LogP contribution < -0.4 is 4.58 Å². The third-order valence-corrected chi connectivity index (χ3v) is 6.15. The van der Waals surface area contributed by atoms with Gasteiger partial charge < -0.3 is 9.40 Å². The van der Waals surface area contributed by atoms with Crippen LogP contribution in [0.1, 0.15) is 5.56 Å². The largest absolute Gasteiger partial charge is 0.494 e. The van der Waals surface area contributed by atoms with Crippen LogP contribution in [-0.2, 0) is 20.1 Å². The van der Waals surface area contributed by atoms with E-state index >= 15 is 0 Å². The van der Waals surface area contributed by atoms with Crippen LogP contribution in [0.2, 0.25) is 0 Å². The zero-order valence-corrected chi connectivity index (χ0v) is 22.8. The van der Waals surface area contributed by atoms with Crippen molar-refractivity contribution in [3.8, 4) is 11.3 Å². The number of rotatable bonds is 2. The molecule has 0 fully saturated rings. The van der Waals surface area contributed by atoms with Gasteiger partial charge in [-0.25, -0.2) is 0 Å². The number of hydrogen-bond donors (Lipinski definition) is 0. The fraction of sp³-hybridized carbons (Fsp3) is 0.0625. The van der Waals surface area contributed by atoms with E-state index in [0.717, 1.165) is 50.3 Å². The Labute approximate surface area is 229 Å². The van der Waals surface area contributed by atoms with Crippen molar-refractivity contribution in [2.45, 2.75) is 6.92 Å². The molecule has 7 rings (SSSR count). The summed E-state index contributed by atoms with van der Waals surface area (Å²) >= 11 is 0. The molecule has 0 amide bonds. The van der Waals surface area contributed by atoms with Crippen LogP contribution in [0.5, 0.6) is 0 Å². The molecule has 3 heterocycles. The zero-order valence-electron chi connectivity index (χ0n) is 20.4. The van der Waals surface area contributed by atoms with Gasteiger partial charge in [-0.15, -0.1) is 35.9 Å². The van der Waals surface area contributed by atoms with E-state index in [2.05, 4.69) is 59.5 Å². The molecule has 0 saturated heterocycles. The Bertz CT molecular complexity index is 1780. The molecule has 0 spiro atoms. The zero-order chi connectivity index (χ0) is 24.5. The van der Waals surface area contributed by atoms with Crippen molar-refractivity contribution in [3.05, 3.63) is 121 Å². The van der Waals surface area contributed by atoms with Crippen molar-refractivity contribution in [1.29, 1.82) is 0 Å². The van der Waals surface area contributed by atoms with Crippen LogP contribution in [0, 0.1) is 19.1 Å². The van der Waals surface area contributed by atoms with Gasteiger partial charge in [-0.2, -0.15) is 6.07 Å². The molecule has 1 aliphatic rings. The topological polar surface area (TPSA) is 32.0 Å². The van der Waals surface area contributed by atoms with Crippen LogP contribution in [0.15, 0.2) is 108 Å². The normalized spacial score (nSPS) is 11.7. The Balaban J connectivity index is 0.000000172. The molecule has 0 atom stereocenters. The second kappa shape index (κ2) is 10.5. The number of benzene rings is 4. The van der Waals surface area contributed by atoms with Gasteiger partial charge in [0.05, 0.1) is 0 Å². The monoisotopic (exact) mass is 658 g/mol. The molecule has 1 radical (unpaired) electrons. The van der Waals surface area contributed by atoms with Gasteiger partial charge in [-0.1, -0.05) is 69.1 Å². The Hall–Kier alpha value is -4.14. The summed E-state index contributed by atoms with van der Waals surface area (Å²) in [7, 11) is 2.00. The summed E-state index contributed by atoms with van der Waals surface area (Å²) in [5.41, 5.74) is 8.02. The molecular weight excluding hydrogens is 635 g/mol. The summed E-state index contributed by atoms with van der Waals surface area (Å²) in [6.45, 7) is 2.03. The summed E-state index contributed by atoms with van der Waals surface area (Å²) in [5, 5.41) is 2.21. The quantitative estimate of drug-likeness (QED) is 0.142.